The monoisotopic (exact) mass is 265 g/mol. The van der Waals surface area contributed by atoms with Gasteiger partial charge in [-0.15, -0.1) is 0 Å². The highest BCUT2D eigenvalue weighted by atomic mass is 35.5. The zero-order chi connectivity index (χ0) is 13.0. The lowest BCUT2D eigenvalue weighted by Gasteiger charge is -2.25. The third-order valence-electron chi connectivity index (χ3n) is 3.87. The van der Waals surface area contributed by atoms with Crippen LogP contribution < -0.4 is 0 Å². The molecule has 1 aliphatic carbocycles. The van der Waals surface area contributed by atoms with E-state index in [0.29, 0.717) is 17.0 Å². The first-order chi connectivity index (χ1) is 8.67. The maximum Gasteiger partial charge on any atom is 0.127 e. The summed E-state index contributed by atoms with van der Waals surface area (Å²) in [5.74, 6) is -0.290. The molecule has 0 amide bonds. The molecule has 0 aromatic heterocycles. The van der Waals surface area contributed by atoms with Crippen molar-refractivity contribution in [2.45, 2.75) is 44.9 Å². The molecule has 1 saturated carbocycles. The predicted octanol–water partition coefficient (Wildman–Crippen LogP) is 4.89. The Balaban J connectivity index is 2.27. The third-order valence-corrected chi connectivity index (χ3v) is 4.23. The molecule has 2 rings (SSSR count). The van der Waals surface area contributed by atoms with Crippen LogP contribution in [0, 0.1) is 22.6 Å². The van der Waals surface area contributed by atoms with Crippen LogP contribution in [0.15, 0.2) is 18.2 Å². The molecule has 1 fully saturated rings. The Morgan fingerprint density at radius 2 is 1.89 bits per heavy atom. The largest absolute Gasteiger partial charge is 0.207 e. The van der Waals surface area contributed by atoms with Crippen LogP contribution in [0.5, 0.6) is 0 Å². The maximum absolute atomic E-state index is 13.8. The van der Waals surface area contributed by atoms with Crippen molar-refractivity contribution in [1.29, 1.82) is 5.26 Å². The average molecular weight is 266 g/mol. The van der Waals surface area contributed by atoms with Crippen LogP contribution in [0.25, 0.3) is 0 Å². The number of nitriles is 1. The number of nitrogens with zero attached hydrogens (tertiary/aromatic N) is 1. The fourth-order valence-corrected chi connectivity index (χ4v) is 3.00. The maximum atomic E-state index is 13.8. The van der Waals surface area contributed by atoms with Crippen molar-refractivity contribution in [2.75, 3.05) is 0 Å². The molecule has 0 saturated heterocycles. The molecule has 0 N–H and O–H groups in total. The molecule has 1 nitrogen and oxygen atoms in total. The van der Waals surface area contributed by atoms with E-state index in [1.807, 2.05) is 0 Å². The molecule has 0 atom stereocenters. The molecule has 0 bridgehead atoms. The fourth-order valence-electron chi connectivity index (χ4n) is 2.77. The molecule has 96 valence electrons. The van der Waals surface area contributed by atoms with Gasteiger partial charge in [-0.2, -0.15) is 5.26 Å². The van der Waals surface area contributed by atoms with E-state index >= 15 is 0 Å². The number of benzene rings is 1. The second-order valence-corrected chi connectivity index (χ2v) is 5.59. The number of hydrogen-bond acceptors (Lipinski definition) is 1. The Labute approximate surface area is 113 Å². The molecule has 1 aliphatic rings. The van der Waals surface area contributed by atoms with Crippen molar-refractivity contribution in [2.24, 2.45) is 5.41 Å². The van der Waals surface area contributed by atoms with Crippen LogP contribution >= 0.6 is 11.6 Å². The molecule has 0 radical (unpaired) electrons. The minimum atomic E-state index is -0.428. The first kappa shape index (κ1) is 13.4. The van der Waals surface area contributed by atoms with Gasteiger partial charge in [0.05, 0.1) is 11.5 Å². The van der Waals surface area contributed by atoms with E-state index in [0.717, 1.165) is 25.7 Å². The third kappa shape index (κ3) is 2.84. The van der Waals surface area contributed by atoms with Gasteiger partial charge in [0.25, 0.3) is 0 Å². The average Bonchev–Trinajstić information content (AvgIpc) is 2.60. The summed E-state index contributed by atoms with van der Waals surface area (Å²) in [5.41, 5.74) is 0.0742. The van der Waals surface area contributed by atoms with E-state index in [1.54, 1.807) is 12.1 Å². The predicted molar refractivity (Wildman–Crippen MR) is 70.9 cm³/mol. The van der Waals surface area contributed by atoms with Crippen molar-refractivity contribution < 1.29 is 4.39 Å². The Morgan fingerprint density at radius 1 is 1.22 bits per heavy atom. The van der Waals surface area contributed by atoms with Gasteiger partial charge in [-0.1, -0.05) is 43.4 Å². The summed E-state index contributed by atoms with van der Waals surface area (Å²) in [6, 6.07) is 7.16. The summed E-state index contributed by atoms with van der Waals surface area (Å²) in [6.45, 7) is 0. The van der Waals surface area contributed by atoms with Crippen LogP contribution in [0.1, 0.15) is 44.1 Å². The summed E-state index contributed by atoms with van der Waals surface area (Å²) in [6.07, 6.45) is 6.61. The van der Waals surface area contributed by atoms with Gasteiger partial charge in [0.2, 0.25) is 0 Å². The van der Waals surface area contributed by atoms with Crippen LogP contribution in [-0.4, -0.2) is 0 Å². The highest BCUT2D eigenvalue weighted by molar-refractivity contribution is 6.31. The first-order valence-corrected chi connectivity index (χ1v) is 6.89. The molecule has 0 unspecified atom stereocenters. The molecule has 18 heavy (non-hydrogen) atoms. The van der Waals surface area contributed by atoms with E-state index in [1.165, 1.54) is 18.9 Å². The Kier molecular flexibility index (Phi) is 4.24. The van der Waals surface area contributed by atoms with Crippen molar-refractivity contribution in [3.63, 3.8) is 0 Å². The Bertz CT molecular complexity index is 436. The van der Waals surface area contributed by atoms with Crippen molar-refractivity contribution >= 4 is 11.6 Å². The van der Waals surface area contributed by atoms with Crippen molar-refractivity contribution in [3.8, 4) is 6.07 Å². The fraction of sp³-hybridized carbons (Fsp3) is 0.533. The van der Waals surface area contributed by atoms with E-state index in [4.69, 9.17) is 11.6 Å². The van der Waals surface area contributed by atoms with Gasteiger partial charge in [0, 0.05) is 10.6 Å². The van der Waals surface area contributed by atoms with Gasteiger partial charge in [0.15, 0.2) is 0 Å². The van der Waals surface area contributed by atoms with Gasteiger partial charge >= 0.3 is 0 Å². The van der Waals surface area contributed by atoms with Crippen LogP contribution in [0.3, 0.4) is 0 Å². The van der Waals surface area contributed by atoms with E-state index in [2.05, 4.69) is 6.07 Å². The molecule has 3 heteroatoms. The lowest BCUT2D eigenvalue weighted by molar-refractivity contribution is 0.334. The summed E-state index contributed by atoms with van der Waals surface area (Å²) in [5, 5.41) is 9.93. The minimum Gasteiger partial charge on any atom is -0.207 e. The quantitative estimate of drug-likeness (QED) is 0.699. The standard InChI is InChI=1S/C15H17ClFN/c16-13-6-5-7-14(17)12(13)10-15(11-18)8-3-1-2-4-9-15/h5-7H,1-4,8-10H2. The molecule has 0 aliphatic heterocycles. The number of halogens is 2. The van der Waals surface area contributed by atoms with Gasteiger partial charge in [-0.05, 0) is 31.4 Å². The molecule has 1 aromatic rings. The van der Waals surface area contributed by atoms with E-state index in [9.17, 15) is 9.65 Å². The van der Waals surface area contributed by atoms with Crippen LogP contribution in [-0.2, 0) is 6.42 Å². The molecule has 1 aromatic carbocycles. The second kappa shape index (κ2) is 5.71. The Morgan fingerprint density at radius 3 is 2.44 bits per heavy atom. The zero-order valence-electron chi connectivity index (χ0n) is 10.4. The van der Waals surface area contributed by atoms with Gasteiger partial charge in [-0.25, -0.2) is 4.39 Å². The van der Waals surface area contributed by atoms with E-state index in [-0.39, 0.29) is 5.82 Å². The molecular weight excluding hydrogens is 249 g/mol. The van der Waals surface area contributed by atoms with Crippen molar-refractivity contribution in [3.05, 3.63) is 34.6 Å². The lowest BCUT2D eigenvalue weighted by Crippen LogP contribution is -2.21. The zero-order valence-corrected chi connectivity index (χ0v) is 11.1. The van der Waals surface area contributed by atoms with Gasteiger partial charge in [0.1, 0.15) is 5.82 Å². The minimum absolute atomic E-state index is 0.290. The molecule has 0 heterocycles. The van der Waals surface area contributed by atoms with Crippen LogP contribution in [0.2, 0.25) is 5.02 Å². The summed E-state index contributed by atoms with van der Waals surface area (Å²) in [4.78, 5) is 0. The summed E-state index contributed by atoms with van der Waals surface area (Å²) >= 11 is 6.06. The summed E-state index contributed by atoms with van der Waals surface area (Å²) in [7, 11) is 0. The van der Waals surface area contributed by atoms with E-state index < -0.39 is 5.41 Å². The first-order valence-electron chi connectivity index (χ1n) is 6.51. The highest BCUT2D eigenvalue weighted by Crippen LogP contribution is 2.39. The second-order valence-electron chi connectivity index (χ2n) is 5.18. The van der Waals surface area contributed by atoms with Crippen molar-refractivity contribution in [1.82, 2.24) is 0 Å². The normalized spacial score (nSPS) is 18.9. The van der Waals surface area contributed by atoms with Crippen LogP contribution in [0.4, 0.5) is 4.39 Å². The lowest BCUT2D eigenvalue weighted by atomic mass is 9.76. The topological polar surface area (TPSA) is 23.8 Å². The highest BCUT2D eigenvalue weighted by Gasteiger charge is 2.32. The smallest absolute Gasteiger partial charge is 0.127 e. The summed E-state index contributed by atoms with van der Waals surface area (Å²) < 4.78 is 13.8. The molecular formula is C15H17ClFN. The SMILES string of the molecule is N#CC1(Cc2c(F)cccc2Cl)CCCCCC1. The van der Waals surface area contributed by atoms with Gasteiger partial charge < -0.3 is 0 Å². The molecule has 0 spiro atoms. The van der Waals surface area contributed by atoms with Gasteiger partial charge in [-0.3, -0.25) is 0 Å². The number of rotatable bonds is 2. The number of hydrogen-bond donors (Lipinski definition) is 0. The Hall–Kier alpha value is -1.07.